The minimum Gasteiger partial charge on any atom is -0.433 e. The van der Waals surface area contributed by atoms with Crippen molar-refractivity contribution in [3.8, 4) is 0 Å². The quantitative estimate of drug-likeness (QED) is 0.239. The van der Waals surface area contributed by atoms with Crippen molar-refractivity contribution >= 4 is 6.29 Å². The number of rotatable bonds is 0. The average Bonchev–Trinajstić information content (AvgIpc) is 1.86. The summed E-state index contributed by atoms with van der Waals surface area (Å²) in [6, 6.07) is 0. The molecule has 0 amide bonds. The molecule has 0 spiro atoms. The largest absolute Gasteiger partial charge is 0.433 e. The van der Waals surface area contributed by atoms with Crippen LogP contribution in [0.3, 0.4) is 0 Å². The van der Waals surface area contributed by atoms with Crippen LogP contribution in [0.15, 0.2) is 0 Å². The van der Waals surface area contributed by atoms with E-state index in [2.05, 4.69) is 4.42 Å². The van der Waals surface area contributed by atoms with Gasteiger partial charge in [0, 0.05) is 6.29 Å². The SMILES string of the molecule is OC1[CH-]C=[O+][CH-]1. The van der Waals surface area contributed by atoms with Crippen molar-refractivity contribution in [3.05, 3.63) is 13.0 Å². The zero-order chi connectivity index (χ0) is 4.41. The van der Waals surface area contributed by atoms with Gasteiger partial charge in [-0.05, 0) is 6.10 Å². The summed E-state index contributed by atoms with van der Waals surface area (Å²) in [5.74, 6) is 0. The van der Waals surface area contributed by atoms with E-state index in [1.807, 2.05) is 0 Å². The first-order chi connectivity index (χ1) is 2.89. The van der Waals surface area contributed by atoms with Gasteiger partial charge in [-0.1, -0.05) is 0 Å². The number of carbonyl (C=O) groups excluding carboxylic acids is 1. The van der Waals surface area contributed by atoms with Crippen LogP contribution in [-0.4, -0.2) is 17.5 Å². The molecule has 1 unspecified atom stereocenters. The number of hydrogen-bond acceptors (Lipinski definition) is 1. The lowest BCUT2D eigenvalue weighted by Crippen LogP contribution is -1.99. The van der Waals surface area contributed by atoms with Crippen LogP contribution in [-0.2, 0) is 4.42 Å². The van der Waals surface area contributed by atoms with Gasteiger partial charge in [0.25, 0.3) is 0 Å². The second-order valence-corrected chi connectivity index (χ2v) is 1.09. The smallest absolute Gasteiger partial charge is 0.138 e. The Labute approximate surface area is 36.1 Å². The van der Waals surface area contributed by atoms with Crippen LogP contribution in [0.2, 0.25) is 0 Å². The van der Waals surface area contributed by atoms with Crippen LogP contribution in [0.1, 0.15) is 0 Å². The summed E-state index contributed by atoms with van der Waals surface area (Å²) >= 11 is 0. The van der Waals surface area contributed by atoms with Crippen LogP contribution >= 0.6 is 0 Å². The van der Waals surface area contributed by atoms with Crippen molar-refractivity contribution < 1.29 is 9.53 Å². The molecule has 0 aromatic heterocycles. The Balaban J connectivity index is 2.32. The molecule has 1 rings (SSSR count). The lowest BCUT2D eigenvalue weighted by Gasteiger charge is -2.01. The zero-order valence-electron chi connectivity index (χ0n) is 3.16. The van der Waals surface area contributed by atoms with Gasteiger partial charge in [0.1, 0.15) is 6.61 Å². The molecule has 1 heterocycles. The standard InChI is InChI=1S/C4H5O2/c5-4-1-2-6-3-4/h1-5H/q-1. The van der Waals surface area contributed by atoms with Crippen molar-refractivity contribution in [2.75, 3.05) is 0 Å². The maximum atomic E-state index is 8.46. The molecule has 34 valence electrons. The van der Waals surface area contributed by atoms with E-state index >= 15 is 0 Å². The van der Waals surface area contributed by atoms with Gasteiger partial charge < -0.3 is 16.0 Å². The molecule has 0 radical (unpaired) electrons. The first-order valence-electron chi connectivity index (χ1n) is 1.73. The molecular weight excluding hydrogens is 80.0 g/mol. The van der Waals surface area contributed by atoms with E-state index in [0.29, 0.717) is 0 Å². The summed E-state index contributed by atoms with van der Waals surface area (Å²) < 4.78 is 4.50. The Bertz CT molecular complexity index is 59.9. The predicted molar refractivity (Wildman–Crippen MR) is 20.7 cm³/mol. The van der Waals surface area contributed by atoms with Crippen LogP contribution in [0, 0.1) is 13.0 Å². The fourth-order valence-corrected chi connectivity index (χ4v) is 0.297. The molecule has 0 aromatic rings. The zero-order valence-corrected chi connectivity index (χ0v) is 3.16. The van der Waals surface area contributed by atoms with Crippen molar-refractivity contribution in [1.29, 1.82) is 0 Å². The van der Waals surface area contributed by atoms with E-state index < -0.39 is 6.10 Å². The first-order valence-corrected chi connectivity index (χ1v) is 1.73. The molecule has 2 nitrogen and oxygen atoms in total. The van der Waals surface area contributed by atoms with Gasteiger partial charge in [-0.15, -0.1) is 0 Å². The highest BCUT2D eigenvalue weighted by Gasteiger charge is 1.93. The van der Waals surface area contributed by atoms with E-state index in [1.165, 1.54) is 12.9 Å². The molecule has 1 aliphatic heterocycles. The lowest BCUT2D eigenvalue weighted by molar-refractivity contribution is -0.403. The normalized spacial score (nSPS) is 29.2. The third-order valence-corrected chi connectivity index (χ3v) is 0.572. The molecule has 6 heavy (non-hydrogen) atoms. The third-order valence-electron chi connectivity index (χ3n) is 0.572. The molecule has 0 aliphatic carbocycles. The monoisotopic (exact) mass is 85.0 g/mol. The van der Waals surface area contributed by atoms with Crippen molar-refractivity contribution in [2.45, 2.75) is 6.10 Å². The molecule has 0 fully saturated rings. The van der Waals surface area contributed by atoms with Crippen molar-refractivity contribution in [3.63, 3.8) is 0 Å². The Kier molecular flexibility index (Phi) is 0.725. The summed E-state index contributed by atoms with van der Waals surface area (Å²) in [6.45, 7) is 1.35. The van der Waals surface area contributed by atoms with E-state index in [1.54, 1.807) is 6.42 Å². The van der Waals surface area contributed by atoms with Crippen LogP contribution in [0.4, 0.5) is 0 Å². The number of aldehydes is 1. The van der Waals surface area contributed by atoms with E-state index in [4.69, 9.17) is 5.11 Å². The third kappa shape index (κ3) is 0.466. The summed E-state index contributed by atoms with van der Waals surface area (Å²) in [4.78, 5) is 0. The van der Waals surface area contributed by atoms with Gasteiger partial charge in [0.2, 0.25) is 0 Å². The van der Waals surface area contributed by atoms with Crippen molar-refractivity contribution in [1.82, 2.24) is 0 Å². The van der Waals surface area contributed by atoms with Gasteiger partial charge >= 0.3 is 0 Å². The van der Waals surface area contributed by atoms with Gasteiger partial charge in [-0.25, -0.2) is 0 Å². The van der Waals surface area contributed by atoms with Crippen LogP contribution < -0.4 is 0 Å². The summed E-state index contributed by atoms with van der Waals surface area (Å²) in [7, 11) is 0. The summed E-state index contributed by atoms with van der Waals surface area (Å²) in [5, 5.41) is 8.46. The number of aliphatic hydroxyl groups is 1. The fraction of sp³-hybridized carbons (Fsp3) is 0.250. The van der Waals surface area contributed by atoms with Crippen LogP contribution in [0.25, 0.3) is 0 Å². The Morgan fingerprint density at radius 3 is 2.83 bits per heavy atom. The molecule has 0 bridgehead atoms. The number of aliphatic hydroxyl groups excluding tert-OH is 1. The topological polar surface area (TPSA) is 31.5 Å². The minimum absolute atomic E-state index is 0.481. The fourth-order valence-electron chi connectivity index (χ4n) is 0.297. The maximum absolute atomic E-state index is 8.46. The van der Waals surface area contributed by atoms with Gasteiger partial charge in [-0.3, -0.25) is 0 Å². The molecule has 1 N–H and O–H groups in total. The Morgan fingerprint density at radius 2 is 2.67 bits per heavy atom. The molecule has 1 atom stereocenters. The second-order valence-electron chi connectivity index (χ2n) is 1.09. The maximum Gasteiger partial charge on any atom is 0.138 e. The minimum atomic E-state index is -0.481. The van der Waals surface area contributed by atoms with E-state index in [-0.39, 0.29) is 0 Å². The molecule has 0 saturated carbocycles. The Hall–Kier alpha value is -0.630. The first kappa shape index (κ1) is 3.56. The molecule has 2 heteroatoms. The Morgan fingerprint density at radius 1 is 1.83 bits per heavy atom. The van der Waals surface area contributed by atoms with Gasteiger partial charge in [-0.2, -0.15) is 0 Å². The van der Waals surface area contributed by atoms with Gasteiger partial charge in [0.05, 0.1) is 0 Å². The second kappa shape index (κ2) is 1.22. The van der Waals surface area contributed by atoms with Gasteiger partial charge in [0.15, 0.2) is 0 Å². The highest BCUT2D eigenvalue weighted by atomic mass is 16.4. The highest BCUT2D eigenvalue weighted by molar-refractivity contribution is 5.64. The molecule has 0 saturated heterocycles. The molecule has 0 aromatic carbocycles. The number of hydrogen-bond donors (Lipinski definition) is 1. The average molecular weight is 85.1 g/mol. The summed E-state index contributed by atoms with van der Waals surface area (Å²) in [5.41, 5.74) is 0. The van der Waals surface area contributed by atoms with E-state index in [9.17, 15) is 0 Å². The van der Waals surface area contributed by atoms with Crippen molar-refractivity contribution in [2.24, 2.45) is 0 Å². The lowest BCUT2D eigenvalue weighted by atomic mass is 10.3. The van der Waals surface area contributed by atoms with Crippen LogP contribution in [0.5, 0.6) is 0 Å². The molecule has 1 aliphatic rings. The predicted octanol–water partition coefficient (Wildman–Crippen LogP) is -0.538. The summed E-state index contributed by atoms with van der Waals surface area (Å²) in [6.07, 6.45) is 2.52. The highest BCUT2D eigenvalue weighted by Crippen LogP contribution is 1.95. The molecular formula is C4H5O2-. The van der Waals surface area contributed by atoms with E-state index in [0.717, 1.165) is 0 Å².